The Morgan fingerprint density at radius 2 is 1.80 bits per heavy atom. The summed E-state index contributed by atoms with van der Waals surface area (Å²) in [5.41, 5.74) is 10.0. The van der Waals surface area contributed by atoms with Gasteiger partial charge in [0.2, 0.25) is 0 Å². The van der Waals surface area contributed by atoms with Gasteiger partial charge in [0.25, 0.3) is 0 Å². The van der Waals surface area contributed by atoms with Crippen LogP contribution in [0.2, 0.25) is 5.02 Å². The van der Waals surface area contributed by atoms with E-state index in [4.69, 9.17) is 17.3 Å². The van der Waals surface area contributed by atoms with Gasteiger partial charge in [-0.05, 0) is 44.8 Å². The summed E-state index contributed by atoms with van der Waals surface area (Å²) in [6.07, 6.45) is 0. The molecule has 2 aromatic carbocycles. The Bertz CT molecular complexity index is 605. The van der Waals surface area contributed by atoms with E-state index in [1.54, 1.807) is 0 Å². The van der Waals surface area contributed by atoms with Gasteiger partial charge < -0.3 is 5.73 Å². The maximum absolute atomic E-state index is 6.07. The predicted molar refractivity (Wildman–Crippen MR) is 86.6 cm³/mol. The molecule has 0 aliphatic carbocycles. The Balaban J connectivity index is 1.87. The molecule has 2 nitrogen and oxygen atoms in total. The van der Waals surface area contributed by atoms with Crippen molar-refractivity contribution in [1.29, 1.82) is 0 Å². The summed E-state index contributed by atoms with van der Waals surface area (Å²) in [6, 6.07) is 14.9. The van der Waals surface area contributed by atoms with Crippen LogP contribution >= 0.6 is 27.5 Å². The first kappa shape index (κ1) is 14.1. The number of hydrogen-bond donors (Lipinski definition) is 1. The second-order valence-corrected chi connectivity index (χ2v) is 6.36. The average molecular weight is 352 g/mol. The van der Waals surface area contributed by atoms with Gasteiger partial charge in [0.1, 0.15) is 0 Å². The minimum atomic E-state index is 0.218. The van der Waals surface area contributed by atoms with Crippen LogP contribution in [0.1, 0.15) is 22.7 Å². The molecule has 2 N–H and O–H groups in total. The Labute approximate surface area is 132 Å². The van der Waals surface area contributed by atoms with Gasteiger partial charge in [-0.1, -0.05) is 41.9 Å². The second kappa shape index (κ2) is 5.86. The highest BCUT2D eigenvalue weighted by Gasteiger charge is 2.26. The van der Waals surface area contributed by atoms with Crippen molar-refractivity contribution in [2.75, 3.05) is 6.54 Å². The van der Waals surface area contributed by atoms with Gasteiger partial charge >= 0.3 is 0 Å². The Hall–Kier alpha value is -0.870. The molecule has 0 bridgehead atoms. The normalized spacial score (nSPS) is 16.1. The van der Waals surface area contributed by atoms with Gasteiger partial charge in [-0.15, -0.1) is 0 Å². The van der Waals surface area contributed by atoms with Gasteiger partial charge in [0.05, 0.1) is 5.02 Å². The van der Waals surface area contributed by atoms with E-state index in [1.165, 1.54) is 16.7 Å². The van der Waals surface area contributed by atoms with E-state index >= 15 is 0 Å². The van der Waals surface area contributed by atoms with Crippen LogP contribution in [0, 0.1) is 0 Å². The molecule has 2 aromatic rings. The lowest BCUT2D eigenvalue weighted by Gasteiger charge is -2.27. The number of rotatable bonds is 3. The number of nitrogens with zero attached hydrogens (tertiary/aromatic N) is 1. The fourth-order valence-corrected chi connectivity index (χ4v) is 3.31. The standard InChI is InChI=1S/C16H16BrClN2/c17-14-7-11(5-6-15(14)18)16(8-19)20-9-12-3-1-2-4-13(12)10-20/h1-7,16H,8-10,19H2. The Kier molecular flexibility index (Phi) is 4.13. The van der Waals surface area contributed by atoms with Crippen LogP contribution in [0.25, 0.3) is 0 Å². The molecular formula is C16H16BrClN2. The van der Waals surface area contributed by atoms with Crippen LogP contribution in [-0.4, -0.2) is 11.4 Å². The zero-order valence-electron chi connectivity index (χ0n) is 11.0. The Morgan fingerprint density at radius 1 is 1.15 bits per heavy atom. The highest BCUT2D eigenvalue weighted by molar-refractivity contribution is 9.10. The highest BCUT2D eigenvalue weighted by Crippen LogP contribution is 2.33. The maximum Gasteiger partial charge on any atom is 0.0548 e. The molecule has 1 unspecified atom stereocenters. The molecular weight excluding hydrogens is 336 g/mol. The minimum Gasteiger partial charge on any atom is -0.329 e. The second-order valence-electron chi connectivity index (χ2n) is 5.10. The monoisotopic (exact) mass is 350 g/mol. The zero-order valence-corrected chi connectivity index (χ0v) is 13.4. The van der Waals surface area contributed by atoms with Crippen molar-refractivity contribution >= 4 is 27.5 Å². The molecule has 1 aliphatic heterocycles. The number of nitrogens with two attached hydrogens (primary N) is 1. The molecule has 0 saturated carbocycles. The molecule has 0 spiro atoms. The van der Waals surface area contributed by atoms with Crippen LogP contribution in [0.5, 0.6) is 0 Å². The summed E-state index contributed by atoms with van der Waals surface area (Å²) < 4.78 is 0.923. The third-order valence-electron chi connectivity index (χ3n) is 3.86. The van der Waals surface area contributed by atoms with Crippen LogP contribution in [0.15, 0.2) is 46.9 Å². The molecule has 0 saturated heterocycles. The first-order chi connectivity index (χ1) is 9.69. The summed E-state index contributed by atoms with van der Waals surface area (Å²) in [6.45, 7) is 2.51. The van der Waals surface area contributed by atoms with Crippen LogP contribution in [-0.2, 0) is 13.1 Å². The summed E-state index contributed by atoms with van der Waals surface area (Å²) in [4.78, 5) is 2.42. The van der Waals surface area contributed by atoms with Crippen molar-refractivity contribution in [1.82, 2.24) is 4.90 Å². The summed E-state index contributed by atoms with van der Waals surface area (Å²) in [7, 11) is 0. The molecule has 4 heteroatoms. The van der Waals surface area contributed by atoms with Gasteiger partial charge in [-0.2, -0.15) is 0 Å². The SMILES string of the molecule is NCC(c1ccc(Cl)c(Br)c1)N1Cc2ccccc2C1. The fraction of sp³-hybridized carbons (Fsp3) is 0.250. The van der Waals surface area contributed by atoms with E-state index in [0.717, 1.165) is 22.6 Å². The van der Waals surface area contributed by atoms with E-state index in [9.17, 15) is 0 Å². The van der Waals surface area contributed by atoms with Crippen molar-refractivity contribution in [3.05, 3.63) is 68.7 Å². The van der Waals surface area contributed by atoms with Gasteiger partial charge in [-0.25, -0.2) is 0 Å². The van der Waals surface area contributed by atoms with Crippen LogP contribution in [0.3, 0.4) is 0 Å². The van der Waals surface area contributed by atoms with E-state index in [2.05, 4.69) is 57.2 Å². The van der Waals surface area contributed by atoms with Crippen molar-refractivity contribution < 1.29 is 0 Å². The smallest absolute Gasteiger partial charge is 0.0548 e. The quantitative estimate of drug-likeness (QED) is 0.901. The van der Waals surface area contributed by atoms with Gasteiger partial charge in [0.15, 0.2) is 0 Å². The highest BCUT2D eigenvalue weighted by atomic mass is 79.9. The molecule has 0 radical (unpaired) electrons. The zero-order chi connectivity index (χ0) is 14.1. The lowest BCUT2D eigenvalue weighted by atomic mass is 10.1. The van der Waals surface area contributed by atoms with Gasteiger partial charge in [0, 0.05) is 30.1 Å². The molecule has 1 atom stereocenters. The fourth-order valence-electron chi connectivity index (χ4n) is 2.80. The van der Waals surface area contributed by atoms with Crippen molar-refractivity contribution in [2.24, 2.45) is 5.73 Å². The topological polar surface area (TPSA) is 29.3 Å². The van der Waals surface area contributed by atoms with E-state index < -0.39 is 0 Å². The van der Waals surface area contributed by atoms with E-state index in [0.29, 0.717) is 6.54 Å². The number of halogens is 2. The first-order valence-corrected chi connectivity index (χ1v) is 7.82. The van der Waals surface area contributed by atoms with Crippen molar-refractivity contribution in [3.63, 3.8) is 0 Å². The number of hydrogen-bond acceptors (Lipinski definition) is 2. The maximum atomic E-state index is 6.07. The summed E-state index contributed by atoms with van der Waals surface area (Å²) in [5.74, 6) is 0. The molecule has 1 aliphatic rings. The van der Waals surface area contributed by atoms with Crippen LogP contribution < -0.4 is 5.73 Å². The molecule has 0 amide bonds. The largest absolute Gasteiger partial charge is 0.329 e. The Morgan fingerprint density at radius 3 is 2.35 bits per heavy atom. The molecule has 0 aromatic heterocycles. The van der Waals surface area contributed by atoms with E-state index in [1.807, 2.05) is 6.07 Å². The first-order valence-electron chi connectivity index (χ1n) is 6.65. The lowest BCUT2D eigenvalue weighted by Crippen LogP contribution is -2.29. The number of fused-ring (bicyclic) bond motifs is 1. The third-order valence-corrected chi connectivity index (χ3v) is 5.07. The summed E-state index contributed by atoms with van der Waals surface area (Å²) >= 11 is 9.56. The summed E-state index contributed by atoms with van der Waals surface area (Å²) in [5, 5.41) is 0.731. The minimum absolute atomic E-state index is 0.218. The molecule has 1 heterocycles. The third kappa shape index (κ3) is 2.63. The molecule has 104 valence electrons. The van der Waals surface area contributed by atoms with Crippen LogP contribution in [0.4, 0.5) is 0 Å². The van der Waals surface area contributed by atoms with Gasteiger partial charge in [-0.3, -0.25) is 4.90 Å². The average Bonchev–Trinajstić information content (AvgIpc) is 2.87. The number of benzene rings is 2. The molecule has 3 rings (SSSR count). The van der Waals surface area contributed by atoms with E-state index in [-0.39, 0.29) is 6.04 Å². The van der Waals surface area contributed by atoms with Crippen molar-refractivity contribution in [2.45, 2.75) is 19.1 Å². The lowest BCUT2D eigenvalue weighted by molar-refractivity contribution is 0.205. The molecule has 20 heavy (non-hydrogen) atoms. The molecule has 0 fully saturated rings. The predicted octanol–water partition coefficient (Wildman–Crippen LogP) is 4.12. The van der Waals surface area contributed by atoms with Crippen molar-refractivity contribution in [3.8, 4) is 0 Å².